The van der Waals surface area contributed by atoms with Crippen LogP contribution < -0.4 is 10.2 Å². The third kappa shape index (κ3) is 3.15. The average molecular weight is 343 g/mol. The normalized spacial score (nSPS) is 10.8. The van der Waals surface area contributed by atoms with Crippen molar-refractivity contribution < 1.29 is 13.8 Å². The number of hydrogen-bond acceptors (Lipinski definition) is 4. The van der Waals surface area contributed by atoms with Crippen LogP contribution in [-0.2, 0) is 6.54 Å². The molecule has 0 aliphatic carbocycles. The van der Waals surface area contributed by atoms with Crippen molar-refractivity contribution in [3.8, 4) is 11.1 Å². The topological polar surface area (TPSA) is 64.1 Å². The number of hydrogen-bond donors (Lipinski definition) is 0. The lowest BCUT2D eigenvalue weighted by Gasteiger charge is -2.02. The summed E-state index contributed by atoms with van der Waals surface area (Å²) >= 11 is 0. The number of carbonyl (C=O) groups is 1. The molecule has 5 nitrogen and oxygen atoms in total. The lowest BCUT2D eigenvalue weighted by Crippen LogP contribution is -2.38. The summed E-state index contributed by atoms with van der Waals surface area (Å²) < 4.78 is 6.97. The highest BCUT2D eigenvalue weighted by Crippen LogP contribution is 2.16. The molecule has 3 aromatic heterocycles. The molecule has 4 rings (SSSR count). The van der Waals surface area contributed by atoms with Gasteiger partial charge >= 0.3 is 5.63 Å². The fourth-order valence-electron chi connectivity index (χ4n) is 2.81. The molecule has 0 amide bonds. The van der Waals surface area contributed by atoms with Gasteiger partial charge in [-0.25, -0.2) is 4.79 Å². The number of carbonyl (C=O) groups excluding carboxylic acids is 1. The zero-order chi connectivity index (χ0) is 17.9. The first-order chi connectivity index (χ1) is 12.7. The van der Waals surface area contributed by atoms with Gasteiger partial charge in [0, 0.05) is 29.9 Å². The van der Waals surface area contributed by atoms with Crippen LogP contribution in [0.2, 0.25) is 0 Å². The highest BCUT2D eigenvalue weighted by molar-refractivity contribution is 5.97. The number of aromatic nitrogens is 2. The number of pyridine rings is 2. The Balaban J connectivity index is 1.58. The minimum absolute atomic E-state index is 0.0643. The Bertz CT molecular complexity index is 1130. The maximum atomic E-state index is 12.5. The van der Waals surface area contributed by atoms with E-state index in [0.29, 0.717) is 5.58 Å². The Labute approximate surface area is 149 Å². The molecule has 5 heteroatoms. The van der Waals surface area contributed by atoms with Crippen LogP contribution in [-0.4, -0.2) is 10.8 Å². The molecular weight excluding hydrogens is 328 g/mol. The fraction of sp³-hybridized carbons (Fsp3) is 0.0476. The molecule has 4 aromatic rings. The Morgan fingerprint density at radius 2 is 1.65 bits per heavy atom. The lowest BCUT2D eigenvalue weighted by molar-refractivity contribution is -0.683. The standard InChI is InChI=1S/C21H15N2O3/c24-19(18-13-17-3-1-2-4-20(17)26-21(18)25)14-23-11-7-16(8-12-23)15-5-9-22-10-6-15/h1-13H,14H2/q+1. The molecule has 26 heavy (non-hydrogen) atoms. The van der Waals surface area contributed by atoms with Gasteiger partial charge in [0.15, 0.2) is 12.4 Å². The smallest absolute Gasteiger partial charge is 0.347 e. The van der Waals surface area contributed by atoms with Crippen LogP contribution in [0.1, 0.15) is 10.4 Å². The number of Topliss-reactive ketones (excluding diaryl/α,β-unsaturated/α-hetero) is 1. The van der Waals surface area contributed by atoms with E-state index in [2.05, 4.69) is 4.98 Å². The number of para-hydroxylation sites is 1. The third-order valence-corrected chi connectivity index (χ3v) is 4.17. The molecule has 0 saturated carbocycles. The summed E-state index contributed by atoms with van der Waals surface area (Å²) in [6, 6.07) is 16.4. The van der Waals surface area contributed by atoms with Crippen LogP contribution >= 0.6 is 0 Å². The highest BCUT2D eigenvalue weighted by atomic mass is 16.4. The van der Waals surface area contributed by atoms with Gasteiger partial charge in [0.1, 0.15) is 11.1 Å². The van der Waals surface area contributed by atoms with Crippen LogP contribution in [0.4, 0.5) is 0 Å². The van der Waals surface area contributed by atoms with E-state index < -0.39 is 5.63 Å². The molecule has 0 aliphatic heterocycles. The predicted octanol–water partition coefficient (Wildman–Crippen LogP) is 3.03. The van der Waals surface area contributed by atoms with Gasteiger partial charge < -0.3 is 4.42 Å². The Kier molecular flexibility index (Phi) is 4.11. The molecule has 0 aliphatic rings. The monoisotopic (exact) mass is 343 g/mol. The molecule has 0 fully saturated rings. The average Bonchev–Trinajstić information content (AvgIpc) is 2.68. The van der Waals surface area contributed by atoms with E-state index >= 15 is 0 Å². The minimum atomic E-state index is -0.609. The van der Waals surface area contributed by atoms with Crippen LogP contribution in [0.3, 0.4) is 0 Å². The van der Waals surface area contributed by atoms with Crippen LogP contribution in [0.25, 0.3) is 22.1 Å². The van der Waals surface area contributed by atoms with Crippen molar-refractivity contribution in [2.45, 2.75) is 6.54 Å². The molecule has 0 unspecified atom stereocenters. The second kappa shape index (κ2) is 6.72. The molecule has 0 bridgehead atoms. The third-order valence-electron chi connectivity index (χ3n) is 4.17. The van der Waals surface area contributed by atoms with Crippen LogP contribution in [0, 0.1) is 0 Å². The Morgan fingerprint density at radius 3 is 2.42 bits per heavy atom. The lowest BCUT2D eigenvalue weighted by atomic mass is 10.1. The summed E-state index contributed by atoms with van der Waals surface area (Å²) in [6.07, 6.45) is 7.10. The van der Waals surface area contributed by atoms with E-state index in [1.165, 1.54) is 0 Å². The highest BCUT2D eigenvalue weighted by Gasteiger charge is 2.18. The van der Waals surface area contributed by atoms with E-state index in [4.69, 9.17) is 4.42 Å². The van der Waals surface area contributed by atoms with E-state index in [9.17, 15) is 9.59 Å². The minimum Gasteiger partial charge on any atom is -0.422 e. The molecule has 0 N–H and O–H groups in total. The van der Waals surface area contributed by atoms with Gasteiger partial charge in [0.05, 0.1) is 0 Å². The summed E-state index contributed by atoms with van der Waals surface area (Å²) in [7, 11) is 0. The number of fused-ring (bicyclic) bond motifs is 1. The molecule has 0 spiro atoms. The number of ketones is 1. The van der Waals surface area contributed by atoms with Gasteiger partial charge in [-0.3, -0.25) is 9.78 Å². The van der Waals surface area contributed by atoms with Gasteiger partial charge in [0.2, 0.25) is 12.3 Å². The van der Waals surface area contributed by atoms with Gasteiger partial charge in [0.25, 0.3) is 0 Å². The van der Waals surface area contributed by atoms with E-state index in [-0.39, 0.29) is 17.9 Å². The summed E-state index contributed by atoms with van der Waals surface area (Å²) in [6.45, 7) is 0.0692. The van der Waals surface area contributed by atoms with Crippen LogP contribution in [0.5, 0.6) is 0 Å². The summed E-state index contributed by atoms with van der Waals surface area (Å²) in [5.41, 5.74) is 2.01. The number of benzene rings is 1. The summed E-state index contributed by atoms with van der Waals surface area (Å²) in [5, 5.41) is 0.730. The van der Waals surface area contributed by atoms with Gasteiger partial charge in [-0.15, -0.1) is 0 Å². The molecule has 1 aromatic carbocycles. The zero-order valence-electron chi connectivity index (χ0n) is 13.8. The molecular formula is C21H15N2O3+. The van der Waals surface area contributed by atoms with Crippen molar-refractivity contribution in [1.29, 1.82) is 0 Å². The number of rotatable bonds is 4. The van der Waals surface area contributed by atoms with Gasteiger partial charge in [-0.2, -0.15) is 4.57 Å². The maximum Gasteiger partial charge on any atom is 0.347 e. The van der Waals surface area contributed by atoms with Crippen molar-refractivity contribution in [3.63, 3.8) is 0 Å². The fourth-order valence-corrected chi connectivity index (χ4v) is 2.81. The van der Waals surface area contributed by atoms with Gasteiger partial charge in [-0.1, -0.05) is 18.2 Å². The largest absolute Gasteiger partial charge is 0.422 e. The second-order valence-corrected chi connectivity index (χ2v) is 5.90. The van der Waals surface area contributed by atoms with Crippen molar-refractivity contribution >= 4 is 16.8 Å². The quantitative estimate of drug-likeness (QED) is 0.325. The Morgan fingerprint density at radius 1 is 0.962 bits per heavy atom. The zero-order valence-corrected chi connectivity index (χ0v) is 13.8. The first kappa shape index (κ1) is 15.9. The van der Waals surface area contributed by atoms with Crippen molar-refractivity contribution in [2.75, 3.05) is 0 Å². The van der Waals surface area contributed by atoms with Crippen molar-refractivity contribution in [3.05, 3.63) is 95.4 Å². The molecule has 0 saturated heterocycles. The first-order valence-corrected chi connectivity index (χ1v) is 8.16. The predicted molar refractivity (Wildman–Crippen MR) is 96.7 cm³/mol. The van der Waals surface area contributed by atoms with Crippen molar-refractivity contribution in [1.82, 2.24) is 4.98 Å². The van der Waals surface area contributed by atoms with E-state index in [1.807, 2.05) is 48.8 Å². The molecule has 0 radical (unpaired) electrons. The first-order valence-electron chi connectivity index (χ1n) is 8.16. The molecule has 3 heterocycles. The second-order valence-electron chi connectivity index (χ2n) is 5.90. The van der Waals surface area contributed by atoms with E-state index in [1.54, 1.807) is 35.2 Å². The number of nitrogens with zero attached hydrogens (tertiary/aromatic N) is 2. The van der Waals surface area contributed by atoms with E-state index in [0.717, 1.165) is 16.5 Å². The summed E-state index contributed by atoms with van der Waals surface area (Å²) in [5.74, 6) is -0.286. The van der Waals surface area contributed by atoms with Crippen LogP contribution in [0.15, 0.2) is 88.6 Å². The maximum absolute atomic E-state index is 12.5. The summed E-state index contributed by atoms with van der Waals surface area (Å²) in [4.78, 5) is 28.6. The molecule has 0 atom stereocenters. The van der Waals surface area contributed by atoms with Crippen molar-refractivity contribution in [2.24, 2.45) is 0 Å². The Hall–Kier alpha value is -3.60. The van der Waals surface area contributed by atoms with Gasteiger partial charge in [-0.05, 0) is 35.4 Å². The molecule has 126 valence electrons. The SMILES string of the molecule is O=C(C[n+]1ccc(-c2ccncc2)cc1)c1cc2ccccc2oc1=O.